The van der Waals surface area contributed by atoms with E-state index < -0.39 is 97.5 Å². The van der Waals surface area contributed by atoms with Gasteiger partial charge in [0, 0.05) is 25.7 Å². The molecule has 0 aliphatic carbocycles. The number of aliphatic hydroxyl groups is 1. The van der Waals surface area contributed by atoms with Crippen LogP contribution < -0.4 is 0 Å². The Labute approximate surface area is 556 Å². The lowest BCUT2D eigenvalue weighted by molar-refractivity contribution is -0.161. The first-order chi connectivity index (χ1) is 43.9. The number of carbonyl (C=O) groups excluding carboxylic acids is 4. The fourth-order valence-corrected chi connectivity index (χ4v) is 12.5. The smallest absolute Gasteiger partial charge is 0.462 e. The fourth-order valence-electron chi connectivity index (χ4n) is 10.9. The van der Waals surface area contributed by atoms with Gasteiger partial charge in [0.15, 0.2) is 12.2 Å². The van der Waals surface area contributed by atoms with Crippen molar-refractivity contribution < 1.29 is 80.2 Å². The van der Waals surface area contributed by atoms with E-state index in [4.69, 9.17) is 37.0 Å². The first kappa shape index (κ1) is 89.1. The predicted molar refractivity (Wildman–Crippen MR) is 368 cm³/mol. The van der Waals surface area contributed by atoms with Gasteiger partial charge in [-0.25, -0.2) is 9.13 Å². The third-order valence-corrected chi connectivity index (χ3v) is 18.6. The van der Waals surface area contributed by atoms with Crippen LogP contribution in [-0.2, 0) is 65.4 Å². The lowest BCUT2D eigenvalue weighted by atomic mass is 10.0. The van der Waals surface area contributed by atoms with Crippen LogP contribution in [0.15, 0.2) is 0 Å². The maximum atomic E-state index is 13.0. The molecule has 0 saturated carbocycles. The lowest BCUT2D eigenvalue weighted by Gasteiger charge is -2.21. The van der Waals surface area contributed by atoms with E-state index in [9.17, 15) is 43.2 Å². The monoisotopic (exact) mass is 1340 g/mol. The Morgan fingerprint density at radius 3 is 0.747 bits per heavy atom. The molecule has 0 aliphatic heterocycles. The average molecular weight is 1340 g/mol. The van der Waals surface area contributed by atoms with Crippen LogP contribution in [0, 0.1) is 11.8 Å². The minimum atomic E-state index is -4.95. The third-order valence-electron chi connectivity index (χ3n) is 16.7. The second-order valence-corrected chi connectivity index (χ2v) is 29.8. The molecule has 0 heterocycles. The summed E-state index contributed by atoms with van der Waals surface area (Å²) in [5.41, 5.74) is 0. The standard InChI is InChI=1S/C72H140O17P2/c1-7-9-11-13-15-17-19-20-21-23-32-38-44-50-56-71(76)88-67(61-83-70(75)55-49-43-37-31-26-24-28-34-40-46-52-64(3)4)62-86-90(78,79)84-58-66(73)59-85-91(80,81)87-63-68(60-82-69(74)54-48-42-36-30-22-18-16-14-12-10-8-2)89-72(77)57-51-45-39-33-27-25-29-35-41-47-53-65(5)6/h64-68,73H,7-63H2,1-6H3,(H,78,79)(H,80,81)/t66-,67-,68-/m1/s1. The van der Waals surface area contributed by atoms with Crippen molar-refractivity contribution >= 4 is 39.5 Å². The molecule has 0 radical (unpaired) electrons. The minimum absolute atomic E-state index is 0.106. The highest BCUT2D eigenvalue weighted by Crippen LogP contribution is 2.45. The van der Waals surface area contributed by atoms with Crippen molar-refractivity contribution in [2.75, 3.05) is 39.6 Å². The Morgan fingerprint density at radius 2 is 0.505 bits per heavy atom. The maximum Gasteiger partial charge on any atom is 0.472 e. The summed E-state index contributed by atoms with van der Waals surface area (Å²) in [5, 5.41) is 10.6. The highest BCUT2D eigenvalue weighted by Gasteiger charge is 2.30. The highest BCUT2D eigenvalue weighted by atomic mass is 31.2. The molecule has 17 nitrogen and oxygen atoms in total. The van der Waals surface area contributed by atoms with E-state index in [2.05, 4.69) is 41.5 Å². The van der Waals surface area contributed by atoms with Crippen LogP contribution in [-0.4, -0.2) is 96.7 Å². The molecule has 19 heteroatoms. The molecule has 2 unspecified atom stereocenters. The molecule has 0 saturated heterocycles. The Balaban J connectivity index is 5.26. The first-order valence-electron chi connectivity index (χ1n) is 37.5. The molecule has 0 rings (SSSR count). The summed E-state index contributed by atoms with van der Waals surface area (Å²) >= 11 is 0. The van der Waals surface area contributed by atoms with Gasteiger partial charge in [-0.15, -0.1) is 0 Å². The number of hydrogen-bond acceptors (Lipinski definition) is 15. The second kappa shape index (κ2) is 64.1. The van der Waals surface area contributed by atoms with E-state index >= 15 is 0 Å². The lowest BCUT2D eigenvalue weighted by Crippen LogP contribution is -2.30. The predicted octanol–water partition coefficient (Wildman–Crippen LogP) is 20.8. The van der Waals surface area contributed by atoms with Crippen LogP contribution in [0.2, 0.25) is 0 Å². The average Bonchev–Trinajstić information content (AvgIpc) is 3.59. The number of aliphatic hydroxyl groups excluding tert-OH is 1. The topological polar surface area (TPSA) is 237 Å². The van der Waals surface area contributed by atoms with Crippen LogP contribution in [0.1, 0.15) is 369 Å². The minimum Gasteiger partial charge on any atom is -0.462 e. The molecule has 0 bridgehead atoms. The Morgan fingerprint density at radius 1 is 0.297 bits per heavy atom. The molecule has 91 heavy (non-hydrogen) atoms. The van der Waals surface area contributed by atoms with E-state index in [1.165, 1.54) is 186 Å². The molecule has 0 spiro atoms. The summed E-state index contributed by atoms with van der Waals surface area (Å²) in [6.45, 7) is 9.55. The van der Waals surface area contributed by atoms with Crippen molar-refractivity contribution in [1.82, 2.24) is 0 Å². The number of hydrogen-bond donors (Lipinski definition) is 3. The molecular weight excluding hydrogens is 1200 g/mol. The summed E-state index contributed by atoms with van der Waals surface area (Å²) < 4.78 is 68.4. The molecule has 0 aromatic rings. The molecule has 0 amide bonds. The van der Waals surface area contributed by atoms with Crippen molar-refractivity contribution in [2.45, 2.75) is 387 Å². The van der Waals surface area contributed by atoms with Crippen molar-refractivity contribution in [2.24, 2.45) is 11.8 Å². The molecule has 0 aromatic heterocycles. The Hall–Kier alpha value is -1.94. The van der Waals surface area contributed by atoms with Crippen LogP contribution in [0.3, 0.4) is 0 Å². The summed E-state index contributed by atoms with van der Waals surface area (Å²) in [4.78, 5) is 72.7. The number of carbonyl (C=O) groups is 4. The van der Waals surface area contributed by atoms with Gasteiger partial charge < -0.3 is 33.8 Å². The number of phosphoric acid groups is 2. The summed E-state index contributed by atoms with van der Waals surface area (Å²) in [6, 6.07) is 0. The zero-order chi connectivity index (χ0) is 67.2. The number of phosphoric ester groups is 2. The van der Waals surface area contributed by atoms with Crippen molar-refractivity contribution in [3.8, 4) is 0 Å². The molecule has 5 atom stereocenters. The van der Waals surface area contributed by atoms with E-state index in [-0.39, 0.29) is 25.7 Å². The van der Waals surface area contributed by atoms with E-state index in [1.54, 1.807) is 0 Å². The largest absolute Gasteiger partial charge is 0.472 e. The quantitative estimate of drug-likeness (QED) is 0.0222. The van der Waals surface area contributed by atoms with Gasteiger partial charge in [-0.2, -0.15) is 0 Å². The molecule has 0 fully saturated rings. The van der Waals surface area contributed by atoms with Crippen LogP contribution in [0.5, 0.6) is 0 Å². The number of unbranched alkanes of at least 4 members (excludes halogenated alkanes) is 41. The van der Waals surface area contributed by atoms with Gasteiger partial charge in [0.05, 0.1) is 26.4 Å². The van der Waals surface area contributed by atoms with E-state index in [1.807, 2.05) is 0 Å². The van der Waals surface area contributed by atoms with Crippen LogP contribution in [0.4, 0.5) is 0 Å². The van der Waals surface area contributed by atoms with Gasteiger partial charge in [-0.05, 0) is 37.5 Å². The van der Waals surface area contributed by atoms with E-state index in [0.717, 1.165) is 102 Å². The SMILES string of the molecule is CCCCCCCCCCCCCCCCC(=O)O[C@H](COC(=O)CCCCCCCCCCCCC(C)C)COP(=O)(O)OC[C@@H](O)COP(=O)(O)OC[C@@H](COC(=O)CCCCCCCCCCCCC)OC(=O)CCCCCCCCCCCCC(C)C. The zero-order valence-electron chi connectivity index (χ0n) is 59.1. The Kier molecular flexibility index (Phi) is 62.7. The van der Waals surface area contributed by atoms with Gasteiger partial charge in [0.2, 0.25) is 0 Å². The highest BCUT2D eigenvalue weighted by molar-refractivity contribution is 7.47. The molecule has 0 aliphatic rings. The Bertz CT molecular complexity index is 1770. The van der Waals surface area contributed by atoms with E-state index in [0.29, 0.717) is 25.7 Å². The van der Waals surface area contributed by atoms with Crippen LogP contribution in [0.25, 0.3) is 0 Å². The molecule has 540 valence electrons. The zero-order valence-corrected chi connectivity index (χ0v) is 60.9. The van der Waals surface area contributed by atoms with Crippen LogP contribution >= 0.6 is 15.6 Å². The summed E-state index contributed by atoms with van der Waals surface area (Å²) in [5.74, 6) is -0.608. The summed E-state index contributed by atoms with van der Waals surface area (Å²) in [7, 11) is -9.90. The van der Waals surface area contributed by atoms with Gasteiger partial charge in [-0.1, -0.05) is 318 Å². The van der Waals surface area contributed by atoms with Crippen molar-refractivity contribution in [3.05, 3.63) is 0 Å². The van der Waals surface area contributed by atoms with Crippen molar-refractivity contribution in [3.63, 3.8) is 0 Å². The number of esters is 4. The molecular formula is C72H140O17P2. The van der Waals surface area contributed by atoms with Crippen molar-refractivity contribution in [1.29, 1.82) is 0 Å². The first-order valence-corrected chi connectivity index (χ1v) is 40.5. The van der Waals surface area contributed by atoms with Gasteiger partial charge >= 0.3 is 39.5 Å². The van der Waals surface area contributed by atoms with Gasteiger partial charge in [0.1, 0.15) is 19.3 Å². The fraction of sp³-hybridized carbons (Fsp3) is 0.944. The third kappa shape index (κ3) is 66.5. The normalized spacial score (nSPS) is 14.1. The maximum absolute atomic E-state index is 13.0. The van der Waals surface area contributed by atoms with Gasteiger partial charge in [-0.3, -0.25) is 37.3 Å². The molecule has 0 aromatic carbocycles. The van der Waals surface area contributed by atoms with Gasteiger partial charge in [0.25, 0.3) is 0 Å². The number of rotatable bonds is 71. The summed E-state index contributed by atoms with van der Waals surface area (Å²) in [6.07, 6.45) is 49.8. The number of ether oxygens (including phenoxy) is 4. The molecule has 3 N–H and O–H groups in total. The second-order valence-electron chi connectivity index (χ2n) is 26.9.